The fourth-order valence-electron chi connectivity index (χ4n) is 4.59. The number of hydrogen-bond acceptors (Lipinski definition) is 4. The third-order valence-corrected chi connectivity index (χ3v) is 6.93. The van der Waals surface area contributed by atoms with Crippen molar-refractivity contribution in [2.75, 3.05) is 5.32 Å². The van der Waals surface area contributed by atoms with Gasteiger partial charge in [-0.25, -0.2) is 14.2 Å². The van der Waals surface area contributed by atoms with Crippen molar-refractivity contribution in [3.05, 3.63) is 39.6 Å². The smallest absolute Gasteiger partial charge is 0.317 e. The number of rotatable bonds is 4. The predicted molar refractivity (Wildman–Crippen MR) is 118 cm³/mol. The van der Waals surface area contributed by atoms with Gasteiger partial charge in [-0.05, 0) is 54.6 Å². The second kappa shape index (κ2) is 9.08. The second-order valence-corrected chi connectivity index (χ2v) is 9.63. The zero-order chi connectivity index (χ0) is 23.9. The van der Waals surface area contributed by atoms with Crippen LogP contribution in [0.3, 0.4) is 0 Å². The SMILES string of the molecule is CC(=O)CC[C@H]1CCC(F)(F)c2c3c(nn2C1)C[C@@H](C)N(C(=O)Nc1ccnc(Br)c1F)C3. The molecule has 0 saturated carbocycles. The van der Waals surface area contributed by atoms with Crippen LogP contribution in [0.4, 0.5) is 23.7 Å². The largest absolute Gasteiger partial charge is 0.322 e. The zero-order valence-electron chi connectivity index (χ0n) is 18.4. The molecule has 7 nitrogen and oxygen atoms in total. The van der Waals surface area contributed by atoms with Gasteiger partial charge in [-0.15, -0.1) is 0 Å². The lowest BCUT2D eigenvalue weighted by molar-refractivity contribution is -0.117. The van der Waals surface area contributed by atoms with Gasteiger partial charge >= 0.3 is 6.03 Å². The normalized spacial score (nSPS) is 21.7. The van der Waals surface area contributed by atoms with E-state index >= 15 is 8.78 Å². The van der Waals surface area contributed by atoms with Crippen molar-refractivity contribution >= 4 is 33.4 Å². The molecule has 4 rings (SSSR count). The van der Waals surface area contributed by atoms with E-state index in [1.807, 2.05) is 0 Å². The quantitative estimate of drug-likeness (QED) is 0.565. The van der Waals surface area contributed by atoms with Crippen LogP contribution in [0.15, 0.2) is 16.9 Å². The molecule has 11 heteroatoms. The highest BCUT2D eigenvalue weighted by Gasteiger charge is 2.44. The minimum absolute atomic E-state index is 0.0322. The molecule has 0 saturated heterocycles. The second-order valence-electron chi connectivity index (χ2n) is 8.88. The lowest BCUT2D eigenvalue weighted by atomic mass is 9.94. The van der Waals surface area contributed by atoms with Gasteiger partial charge in [0.05, 0.1) is 17.9 Å². The van der Waals surface area contributed by atoms with Gasteiger partial charge in [0.1, 0.15) is 16.1 Å². The molecule has 0 fully saturated rings. The Morgan fingerprint density at radius 2 is 2.12 bits per heavy atom. The average molecular weight is 528 g/mol. The van der Waals surface area contributed by atoms with Crippen LogP contribution < -0.4 is 5.32 Å². The maximum Gasteiger partial charge on any atom is 0.322 e. The van der Waals surface area contributed by atoms with Crippen molar-refractivity contribution in [3.8, 4) is 0 Å². The van der Waals surface area contributed by atoms with E-state index in [2.05, 4.69) is 31.3 Å². The van der Waals surface area contributed by atoms with Crippen molar-refractivity contribution in [2.45, 2.75) is 71.0 Å². The maximum absolute atomic E-state index is 15.2. The fourth-order valence-corrected chi connectivity index (χ4v) is 4.92. The van der Waals surface area contributed by atoms with Crippen LogP contribution >= 0.6 is 15.9 Å². The number of carbonyl (C=O) groups excluding carboxylic acids is 2. The van der Waals surface area contributed by atoms with Crippen molar-refractivity contribution in [3.63, 3.8) is 0 Å². The lowest BCUT2D eigenvalue weighted by Crippen LogP contribution is -2.45. The Kier molecular flexibility index (Phi) is 6.52. The van der Waals surface area contributed by atoms with Crippen LogP contribution in [0.5, 0.6) is 0 Å². The van der Waals surface area contributed by atoms with Gasteiger partial charge in [0.15, 0.2) is 5.82 Å². The number of urea groups is 1. The first kappa shape index (κ1) is 23.7. The van der Waals surface area contributed by atoms with Gasteiger partial charge in [0, 0.05) is 43.6 Å². The van der Waals surface area contributed by atoms with Gasteiger partial charge in [-0.3, -0.25) is 4.68 Å². The number of Topliss-reactive ketones (excluding diaryl/α,β-unsaturated/α-hetero) is 1. The summed E-state index contributed by atoms with van der Waals surface area (Å²) in [4.78, 5) is 29.5. The number of halogens is 4. The highest BCUT2D eigenvalue weighted by Crippen LogP contribution is 2.43. The van der Waals surface area contributed by atoms with Gasteiger partial charge < -0.3 is 15.0 Å². The van der Waals surface area contributed by atoms with Crippen molar-refractivity contribution in [1.29, 1.82) is 0 Å². The number of alkyl halides is 2. The molecule has 2 aliphatic rings. The molecule has 0 aromatic carbocycles. The number of anilines is 1. The van der Waals surface area contributed by atoms with Gasteiger partial charge in [0.2, 0.25) is 0 Å². The number of aromatic nitrogens is 3. The molecule has 2 amide bonds. The Bertz CT molecular complexity index is 1090. The summed E-state index contributed by atoms with van der Waals surface area (Å²) in [6.45, 7) is 3.59. The molecular formula is C22H25BrF3N5O2. The molecule has 0 spiro atoms. The zero-order valence-corrected chi connectivity index (χ0v) is 20.0. The summed E-state index contributed by atoms with van der Waals surface area (Å²) in [6.07, 6.45) is 2.55. The molecule has 2 aromatic rings. The van der Waals surface area contributed by atoms with E-state index in [0.29, 0.717) is 43.5 Å². The molecule has 1 N–H and O–H groups in total. The average Bonchev–Trinajstić information content (AvgIpc) is 3.03. The van der Waals surface area contributed by atoms with Crippen LogP contribution in [0, 0.1) is 11.7 Å². The predicted octanol–water partition coefficient (Wildman–Crippen LogP) is 5.03. The third-order valence-electron chi connectivity index (χ3n) is 6.38. The highest BCUT2D eigenvalue weighted by atomic mass is 79.9. The molecule has 2 atom stereocenters. The van der Waals surface area contributed by atoms with Gasteiger partial charge in [-0.2, -0.15) is 13.9 Å². The van der Waals surface area contributed by atoms with Crippen molar-refractivity contribution in [2.24, 2.45) is 5.92 Å². The summed E-state index contributed by atoms with van der Waals surface area (Å²) in [5, 5.41) is 7.01. The van der Waals surface area contributed by atoms with Crippen LogP contribution in [0.1, 0.15) is 56.5 Å². The number of hydrogen-bond donors (Lipinski definition) is 1. The maximum atomic E-state index is 15.2. The Hall–Kier alpha value is -2.43. The third kappa shape index (κ3) is 4.78. The molecular weight excluding hydrogens is 503 g/mol. The van der Waals surface area contributed by atoms with Gasteiger partial charge in [0.25, 0.3) is 5.92 Å². The van der Waals surface area contributed by atoms with Crippen LogP contribution in [0.2, 0.25) is 0 Å². The summed E-state index contributed by atoms with van der Waals surface area (Å²) in [5.74, 6) is -3.82. The van der Waals surface area contributed by atoms with E-state index < -0.39 is 17.8 Å². The summed E-state index contributed by atoms with van der Waals surface area (Å²) in [7, 11) is 0. The van der Waals surface area contributed by atoms with Crippen molar-refractivity contribution in [1.82, 2.24) is 19.7 Å². The number of amides is 2. The van der Waals surface area contributed by atoms with E-state index in [1.165, 1.54) is 28.8 Å². The Morgan fingerprint density at radius 1 is 1.36 bits per heavy atom. The first-order chi connectivity index (χ1) is 15.6. The first-order valence-corrected chi connectivity index (χ1v) is 11.7. The molecule has 33 heavy (non-hydrogen) atoms. The summed E-state index contributed by atoms with van der Waals surface area (Å²) in [5.41, 5.74) is 0.723. The van der Waals surface area contributed by atoms with Crippen LogP contribution in [-0.4, -0.2) is 37.5 Å². The van der Waals surface area contributed by atoms with E-state index in [-0.39, 0.29) is 46.7 Å². The van der Waals surface area contributed by atoms with E-state index in [1.54, 1.807) is 6.92 Å². The minimum Gasteiger partial charge on any atom is -0.317 e. The number of nitrogens with zero attached hydrogens (tertiary/aromatic N) is 4. The molecule has 0 aliphatic carbocycles. The van der Waals surface area contributed by atoms with Gasteiger partial charge in [-0.1, -0.05) is 0 Å². The molecule has 178 valence electrons. The van der Waals surface area contributed by atoms with Crippen molar-refractivity contribution < 1.29 is 22.8 Å². The molecule has 0 radical (unpaired) electrons. The number of nitrogens with one attached hydrogen (secondary N) is 1. The fraction of sp³-hybridized carbons (Fsp3) is 0.545. The van der Waals surface area contributed by atoms with E-state index in [0.717, 1.165) is 0 Å². The summed E-state index contributed by atoms with van der Waals surface area (Å²) < 4.78 is 46.0. The van der Waals surface area contributed by atoms with Crippen LogP contribution in [-0.2, 0) is 30.2 Å². The summed E-state index contributed by atoms with van der Waals surface area (Å²) in [6, 6.07) is 0.438. The number of fused-ring (bicyclic) bond motifs is 3. The molecule has 4 heterocycles. The molecule has 0 bridgehead atoms. The Labute approximate surface area is 197 Å². The standard InChI is InChI=1S/C22H25BrF3N5O2/c1-12-9-17-15(11-30(12)21(33)28-16-6-8-27-20(23)18(16)24)19-22(25,26)7-5-14(4-3-13(2)32)10-31(19)29-17/h6,8,12,14H,3-5,7,9-11H2,1-2H3,(H,27,28,33)/t12-,14+/m1/s1. The van der Waals surface area contributed by atoms with E-state index in [4.69, 9.17) is 0 Å². The van der Waals surface area contributed by atoms with E-state index in [9.17, 15) is 14.0 Å². The lowest BCUT2D eigenvalue weighted by Gasteiger charge is -2.33. The molecule has 2 aromatic heterocycles. The topological polar surface area (TPSA) is 80.1 Å². The molecule has 0 unspecified atom stereocenters. The number of carbonyl (C=O) groups is 2. The monoisotopic (exact) mass is 527 g/mol. The Balaban J connectivity index is 1.60. The summed E-state index contributed by atoms with van der Waals surface area (Å²) >= 11 is 2.98. The van der Waals surface area contributed by atoms with Crippen LogP contribution in [0.25, 0.3) is 0 Å². The molecule has 2 aliphatic heterocycles. The first-order valence-electron chi connectivity index (χ1n) is 10.9. The number of ketones is 1. The number of pyridine rings is 1. The highest BCUT2D eigenvalue weighted by molar-refractivity contribution is 9.10. The minimum atomic E-state index is -3.09. The Morgan fingerprint density at radius 3 is 2.85 bits per heavy atom.